The second-order valence-electron chi connectivity index (χ2n) is 5.75. The lowest BCUT2D eigenvalue weighted by Crippen LogP contribution is -2.11. The maximum Gasteiger partial charge on any atom is 0.266 e. The van der Waals surface area contributed by atoms with Gasteiger partial charge in [0, 0.05) is 11.8 Å². The fraction of sp³-hybridized carbons (Fsp3) is 0.158. The van der Waals surface area contributed by atoms with Crippen molar-refractivity contribution in [3.8, 4) is 5.75 Å². The molecule has 0 spiro atoms. The number of thiophene rings is 1. The second kappa shape index (κ2) is 7.68. The summed E-state index contributed by atoms with van der Waals surface area (Å²) in [7, 11) is 0. The van der Waals surface area contributed by atoms with Crippen LogP contribution in [0.15, 0.2) is 48.0 Å². The van der Waals surface area contributed by atoms with Crippen molar-refractivity contribution in [3.05, 3.63) is 74.6 Å². The van der Waals surface area contributed by atoms with Gasteiger partial charge in [0.15, 0.2) is 0 Å². The van der Waals surface area contributed by atoms with Crippen LogP contribution in [0.4, 0.5) is 5.82 Å². The third-order valence-corrected chi connectivity index (χ3v) is 4.65. The highest BCUT2D eigenvalue weighted by Gasteiger charge is 2.10. The number of carbonyl (C=O) groups is 1. The van der Waals surface area contributed by atoms with Gasteiger partial charge < -0.3 is 10.1 Å². The number of ether oxygens (including phenoxy) is 1. The van der Waals surface area contributed by atoms with Gasteiger partial charge in [-0.1, -0.05) is 17.7 Å². The van der Waals surface area contributed by atoms with Crippen LogP contribution in [0.2, 0.25) is 5.02 Å². The van der Waals surface area contributed by atoms with Gasteiger partial charge in [-0.25, -0.2) is 4.98 Å². The number of nitrogens with zero attached hydrogens (tertiary/aromatic N) is 1. The molecular formula is C19H17ClN2O2S. The van der Waals surface area contributed by atoms with Crippen molar-refractivity contribution in [3.63, 3.8) is 0 Å². The van der Waals surface area contributed by atoms with Gasteiger partial charge in [-0.05, 0) is 60.7 Å². The molecule has 0 aliphatic rings. The molecule has 0 radical (unpaired) electrons. The number of amides is 1. The largest absolute Gasteiger partial charge is 0.489 e. The number of halogens is 1. The van der Waals surface area contributed by atoms with Crippen LogP contribution in [0.5, 0.6) is 5.75 Å². The van der Waals surface area contributed by atoms with Crippen molar-refractivity contribution in [2.24, 2.45) is 0 Å². The van der Waals surface area contributed by atoms with E-state index in [1.807, 2.05) is 37.4 Å². The zero-order valence-electron chi connectivity index (χ0n) is 13.9. The first-order valence-corrected chi connectivity index (χ1v) is 8.97. The topological polar surface area (TPSA) is 51.2 Å². The van der Waals surface area contributed by atoms with Gasteiger partial charge in [0.05, 0.1) is 9.90 Å². The van der Waals surface area contributed by atoms with Crippen LogP contribution in [0.25, 0.3) is 0 Å². The number of aryl methyl sites for hydroxylation is 2. The maximum atomic E-state index is 12.3. The summed E-state index contributed by atoms with van der Waals surface area (Å²) in [6, 6.07) is 11.3. The SMILES string of the molecule is Cc1cc(C)cc(OCc2csc(C(=O)Nc3ccc(Cl)cn3)c2)c1. The summed E-state index contributed by atoms with van der Waals surface area (Å²) in [6.45, 7) is 4.50. The predicted molar refractivity (Wildman–Crippen MR) is 102 cm³/mol. The van der Waals surface area contributed by atoms with Crippen LogP contribution in [0.1, 0.15) is 26.4 Å². The van der Waals surface area contributed by atoms with Crippen LogP contribution in [-0.4, -0.2) is 10.9 Å². The Balaban J connectivity index is 1.61. The first kappa shape index (κ1) is 17.5. The fourth-order valence-electron chi connectivity index (χ4n) is 2.38. The van der Waals surface area contributed by atoms with Crippen molar-refractivity contribution in [1.29, 1.82) is 0 Å². The number of anilines is 1. The van der Waals surface area contributed by atoms with Crippen LogP contribution >= 0.6 is 22.9 Å². The molecule has 0 atom stereocenters. The molecule has 0 saturated heterocycles. The van der Waals surface area contributed by atoms with Gasteiger partial charge >= 0.3 is 0 Å². The maximum absolute atomic E-state index is 12.3. The highest BCUT2D eigenvalue weighted by atomic mass is 35.5. The molecule has 0 unspecified atom stereocenters. The van der Waals surface area contributed by atoms with Gasteiger partial charge in [0.25, 0.3) is 5.91 Å². The lowest BCUT2D eigenvalue weighted by molar-refractivity contribution is 0.103. The lowest BCUT2D eigenvalue weighted by Gasteiger charge is -2.07. The highest BCUT2D eigenvalue weighted by molar-refractivity contribution is 7.12. The van der Waals surface area contributed by atoms with Crippen molar-refractivity contribution in [1.82, 2.24) is 4.98 Å². The van der Waals surface area contributed by atoms with Crippen LogP contribution in [-0.2, 0) is 6.61 Å². The van der Waals surface area contributed by atoms with E-state index < -0.39 is 0 Å². The minimum absolute atomic E-state index is 0.197. The van der Waals surface area contributed by atoms with Crippen molar-refractivity contribution < 1.29 is 9.53 Å². The average molecular weight is 373 g/mol. The third-order valence-electron chi connectivity index (χ3n) is 3.45. The van der Waals surface area contributed by atoms with E-state index in [1.54, 1.807) is 12.1 Å². The van der Waals surface area contributed by atoms with Gasteiger partial charge in [0.2, 0.25) is 0 Å². The summed E-state index contributed by atoms with van der Waals surface area (Å²) in [5.41, 5.74) is 3.28. The molecule has 25 heavy (non-hydrogen) atoms. The molecule has 2 heterocycles. The van der Waals surface area contributed by atoms with Crippen molar-refractivity contribution >= 4 is 34.7 Å². The molecule has 3 aromatic rings. The van der Waals surface area contributed by atoms with Crippen molar-refractivity contribution in [2.45, 2.75) is 20.5 Å². The molecule has 4 nitrogen and oxygen atoms in total. The summed E-state index contributed by atoms with van der Waals surface area (Å²) >= 11 is 7.16. The Hall–Kier alpha value is -2.37. The summed E-state index contributed by atoms with van der Waals surface area (Å²) in [5, 5.41) is 5.20. The van der Waals surface area contributed by atoms with Crippen molar-refractivity contribution in [2.75, 3.05) is 5.32 Å². The summed E-state index contributed by atoms with van der Waals surface area (Å²) < 4.78 is 5.83. The quantitative estimate of drug-likeness (QED) is 0.665. The van der Waals surface area contributed by atoms with Gasteiger partial charge in [-0.3, -0.25) is 4.79 Å². The molecule has 1 N–H and O–H groups in total. The van der Waals surface area contributed by atoms with E-state index in [0.29, 0.717) is 22.3 Å². The first-order valence-electron chi connectivity index (χ1n) is 7.71. The molecule has 6 heteroatoms. The zero-order chi connectivity index (χ0) is 17.8. The Morgan fingerprint density at radius 2 is 1.96 bits per heavy atom. The highest BCUT2D eigenvalue weighted by Crippen LogP contribution is 2.21. The molecule has 0 aliphatic heterocycles. The number of rotatable bonds is 5. The first-order chi connectivity index (χ1) is 12.0. The Labute approximate surface area is 155 Å². The standard InChI is InChI=1S/C19H17ClN2O2S/c1-12-5-13(2)7-16(6-12)24-10-14-8-17(25-11-14)19(23)22-18-4-3-15(20)9-21-18/h3-9,11H,10H2,1-2H3,(H,21,22,23). The summed E-state index contributed by atoms with van der Waals surface area (Å²) in [4.78, 5) is 16.9. The Bertz CT molecular complexity index is 870. The van der Waals surface area contributed by atoms with Crippen LogP contribution in [0, 0.1) is 13.8 Å². The van der Waals surface area contributed by atoms with E-state index in [4.69, 9.17) is 16.3 Å². The molecule has 0 fully saturated rings. The van der Waals surface area contributed by atoms with Crippen LogP contribution in [0.3, 0.4) is 0 Å². The Kier molecular flexibility index (Phi) is 5.36. The molecule has 128 valence electrons. The minimum Gasteiger partial charge on any atom is -0.489 e. The van der Waals surface area contributed by atoms with E-state index in [9.17, 15) is 4.79 Å². The number of nitrogens with one attached hydrogen (secondary N) is 1. The molecule has 0 bridgehead atoms. The number of benzene rings is 1. The summed E-state index contributed by atoms with van der Waals surface area (Å²) in [6.07, 6.45) is 1.49. The van der Waals surface area contributed by atoms with E-state index in [0.717, 1.165) is 22.4 Å². The monoisotopic (exact) mass is 372 g/mol. The normalized spacial score (nSPS) is 10.5. The number of carbonyl (C=O) groups excluding carboxylic acids is 1. The smallest absolute Gasteiger partial charge is 0.266 e. The van der Waals surface area contributed by atoms with E-state index in [-0.39, 0.29) is 5.91 Å². The Morgan fingerprint density at radius 3 is 2.64 bits per heavy atom. The predicted octanol–water partition coefficient (Wildman–Crippen LogP) is 5.24. The fourth-order valence-corrected chi connectivity index (χ4v) is 3.28. The van der Waals surface area contributed by atoms with E-state index in [2.05, 4.69) is 16.4 Å². The van der Waals surface area contributed by atoms with E-state index >= 15 is 0 Å². The number of hydrogen-bond donors (Lipinski definition) is 1. The molecule has 0 saturated carbocycles. The lowest BCUT2D eigenvalue weighted by atomic mass is 10.1. The minimum atomic E-state index is -0.197. The van der Waals surface area contributed by atoms with Gasteiger partial charge in [0.1, 0.15) is 18.2 Å². The van der Waals surface area contributed by atoms with Crippen LogP contribution < -0.4 is 10.1 Å². The van der Waals surface area contributed by atoms with Gasteiger partial charge in [-0.15, -0.1) is 11.3 Å². The summed E-state index contributed by atoms with van der Waals surface area (Å²) in [5.74, 6) is 1.10. The third kappa shape index (κ3) is 4.81. The number of hydrogen-bond acceptors (Lipinski definition) is 4. The molecule has 1 amide bonds. The number of pyridine rings is 1. The molecule has 2 aromatic heterocycles. The molecule has 3 rings (SSSR count). The number of aromatic nitrogens is 1. The zero-order valence-corrected chi connectivity index (χ0v) is 15.4. The van der Waals surface area contributed by atoms with Gasteiger partial charge in [-0.2, -0.15) is 0 Å². The molecule has 0 aliphatic carbocycles. The second-order valence-corrected chi connectivity index (χ2v) is 7.09. The molecule has 1 aromatic carbocycles. The Morgan fingerprint density at radius 1 is 1.20 bits per heavy atom. The van der Waals surface area contributed by atoms with E-state index in [1.165, 1.54) is 17.5 Å². The average Bonchev–Trinajstić information content (AvgIpc) is 3.03. The molecular weight excluding hydrogens is 356 g/mol.